The monoisotopic (exact) mass is 1900 g/mol. The van der Waals surface area contributed by atoms with Gasteiger partial charge in [0.15, 0.2) is 68.8 Å². The summed E-state index contributed by atoms with van der Waals surface area (Å²) in [5, 5.41) is 43.6. The van der Waals surface area contributed by atoms with Gasteiger partial charge < -0.3 is 78.8 Å². The van der Waals surface area contributed by atoms with Gasteiger partial charge in [0.1, 0.15) is 23.0 Å². The molecule has 0 radical (unpaired) electrons. The lowest BCUT2D eigenvalue weighted by Crippen LogP contribution is -2.39. The highest BCUT2D eigenvalue weighted by atomic mass is 32.1. The number of nitrogens with zero attached hydrogens (tertiary/aromatic N) is 4. The van der Waals surface area contributed by atoms with E-state index in [-0.39, 0.29) is 58.9 Å². The van der Waals surface area contributed by atoms with Gasteiger partial charge in [0.2, 0.25) is 23.1 Å². The predicted octanol–water partition coefficient (Wildman–Crippen LogP) is 19.8. The number of nitrogens with one attached hydrogen (secondary N) is 4. The van der Waals surface area contributed by atoms with Crippen LogP contribution in [-0.4, -0.2) is 173 Å². The largest absolute Gasteiger partial charge is 0.506 e. The van der Waals surface area contributed by atoms with E-state index in [4.69, 9.17) is 47.4 Å². The normalized spacial score (nSPS) is 11.2. The topological polar surface area (TPSA) is 369 Å². The molecule has 0 aliphatic heterocycles. The average Bonchev–Trinajstić information content (AvgIpc) is 1.61. The quantitative estimate of drug-likeness (QED) is 0.0228. The van der Waals surface area contributed by atoms with Crippen molar-refractivity contribution in [2.24, 2.45) is 0 Å². The number of carbonyl (C=O) groups excluding carboxylic acids is 8. The Morgan fingerprint density at radius 2 is 0.544 bits per heavy atom. The van der Waals surface area contributed by atoms with E-state index in [2.05, 4.69) is 67.2 Å². The minimum absolute atomic E-state index is 0.0906. The third-order valence-electron chi connectivity index (χ3n) is 22.1. The number of methoxy groups -OCH3 is 10. The zero-order valence-corrected chi connectivity index (χ0v) is 80.3. The maximum Gasteiger partial charge on any atom is 0.252 e. The Labute approximate surface area is 799 Å². The van der Waals surface area contributed by atoms with Gasteiger partial charge in [-0.25, -0.2) is 19.9 Å². The van der Waals surface area contributed by atoms with E-state index in [1.807, 2.05) is 108 Å². The van der Waals surface area contributed by atoms with Crippen molar-refractivity contribution >= 4 is 132 Å². The first-order valence-corrected chi connectivity index (χ1v) is 45.7. The lowest BCUT2D eigenvalue weighted by atomic mass is 10.0. The molecular weight excluding hydrogens is 1810 g/mol. The van der Waals surface area contributed by atoms with Gasteiger partial charge in [0, 0.05) is 106 Å². The smallest absolute Gasteiger partial charge is 0.252 e. The minimum Gasteiger partial charge on any atom is -0.506 e. The van der Waals surface area contributed by atoms with Crippen LogP contribution in [0.5, 0.6) is 69.0 Å². The molecule has 2 unspecified atom stereocenters. The standard InChI is InChI=1S/C27H26N2O5S.2C26H24N2O5S.C25H22N2O5S/c1-15-7-6-8-18-19(14-35-26(15)18)20-10-12-22(33-4)24(29-20)25(30)16(2)28-27(31)17-9-11-21(32-3)23(13-17)34-5;1-14-6-5-7-17-18(13-34-25(14)17)19-9-10-20(29)23(28-19)24(30)15(2)27-26(31)16-8-11-21(32-3)22(12-16)33-4;1-15-6-5-7-17-18(14-34-25(15)17)19-9-11-22(32-3)24(28-19)20(29)13-27-26(30)16-8-10-21(31-2)23(12-16)33-4;1-14-5-4-6-16-17(13-33-24(14)16)18-8-9-19(28)23(27-18)20(29)12-26-25(30)15-7-10-21(31-2)22(11-15)32-3/h6-14,16H,1-5H3,(H,28,31);5-13,15,29H,1-4H3,(H,27,31);5-12,14H,13H2,1-4H3,(H,27,30);4-11,13,28H,12H2,1-3H3,(H,26,30). The first-order valence-electron chi connectivity index (χ1n) is 42.2. The van der Waals surface area contributed by atoms with Crippen LogP contribution in [0.4, 0.5) is 0 Å². The van der Waals surface area contributed by atoms with Crippen LogP contribution < -0.4 is 68.6 Å². The second-order valence-corrected chi connectivity index (χ2v) is 34.2. The molecule has 0 spiro atoms. The Morgan fingerprint density at radius 1 is 0.294 bits per heavy atom. The third kappa shape index (κ3) is 21.7. The first-order chi connectivity index (χ1) is 65.6. The van der Waals surface area contributed by atoms with Crippen LogP contribution in [-0.2, 0) is 0 Å². The Kier molecular flexibility index (Phi) is 31.9. The molecule has 0 saturated carbocycles. The summed E-state index contributed by atoms with van der Waals surface area (Å²) in [7, 11) is 15.0. The first kappa shape index (κ1) is 97.9. The predicted molar refractivity (Wildman–Crippen MR) is 530 cm³/mol. The average molecular weight is 1910 g/mol. The van der Waals surface area contributed by atoms with Gasteiger partial charge >= 0.3 is 0 Å². The number of hydrogen-bond acceptors (Lipinski definition) is 28. The van der Waals surface area contributed by atoms with E-state index in [1.165, 1.54) is 116 Å². The molecule has 8 aromatic carbocycles. The highest BCUT2D eigenvalue weighted by Gasteiger charge is 2.29. The number of hydrogen-bond donors (Lipinski definition) is 6. The van der Waals surface area contributed by atoms with Gasteiger partial charge in [-0.2, -0.15) is 0 Å². The number of pyridine rings is 4. The molecule has 136 heavy (non-hydrogen) atoms. The van der Waals surface area contributed by atoms with Crippen LogP contribution in [0.3, 0.4) is 0 Å². The van der Waals surface area contributed by atoms with E-state index in [0.29, 0.717) is 103 Å². The lowest BCUT2D eigenvalue weighted by molar-refractivity contribution is 0.0861. The number of benzene rings is 8. The number of aromatic nitrogens is 4. The Balaban J connectivity index is 0.000000153. The van der Waals surface area contributed by atoms with E-state index >= 15 is 0 Å². The number of rotatable bonds is 30. The third-order valence-corrected chi connectivity index (χ3v) is 26.6. The molecule has 8 heterocycles. The van der Waals surface area contributed by atoms with Gasteiger partial charge in [0.05, 0.1) is 119 Å². The summed E-state index contributed by atoms with van der Waals surface area (Å²) in [6.07, 6.45) is 0. The van der Waals surface area contributed by atoms with Crippen molar-refractivity contribution in [3.8, 4) is 114 Å². The van der Waals surface area contributed by atoms with Gasteiger partial charge in [-0.1, -0.05) is 72.8 Å². The maximum atomic E-state index is 13.4. The fourth-order valence-corrected chi connectivity index (χ4v) is 19.0. The summed E-state index contributed by atoms with van der Waals surface area (Å²) in [5.41, 5.74) is 12.4. The maximum absolute atomic E-state index is 13.4. The SMILES string of the molecule is COc1ccc(C(=O)NC(C)C(=O)c2nc(-c3csc4c(C)cccc34)ccc2O)cc1OC.COc1ccc(C(=O)NC(C)C(=O)c2nc(-c3csc4c(C)cccc34)ccc2OC)cc1OC.COc1ccc(C(=O)NCC(=O)c2nc(-c3csc4c(C)cccc34)ccc2O)cc1OC.COc1ccc(C(=O)NCC(=O)c2nc(-c3csc4c(C)cccc34)ccc2OC)cc1OC. The molecule has 0 aliphatic carbocycles. The Morgan fingerprint density at radius 3 is 0.860 bits per heavy atom. The van der Waals surface area contributed by atoms with Gasteiger partial charge in [-0.15, -0.1) is 45.3 Å². The number of ketones is 4. The zero-order chi connectivity index (χ0) is 97.3. The molecule has 696 valence electrons. The molecular formula is C104H96N8O20S4. The van der Waals surface area contributed by atoms with Crippen LogP contribution in [0.1, 0.15) is 119 Å². The van der Waals surface area contributed by atoms with Crippen LogP contribution in [0, 0.1) is 27.7 Å². The highest BCUT2D eigenvalue weighted by molar-refractivity contribution is 7.19. The van der Waals surface area contributed by atoms with Crippen molar-refractivity contribution in [1.29, 1.82) is 0 Å². The second-order valence-electron chi connectivity index (χ2n) is 30.6. The number of ether oxygens (including phenoxy) is 10. The molecule has 16 aromatic rings. The number of carbonyl (C=O) groups is 8. The minimum atomic E-state index is -0.921. The summed E-state index contributed by atoms with van der Waals surface area (Å²) in [5.74, 6) is 0.429. The van der Waals surface area contributed by atoms with Crippen LogP contribution >= 0.6 is 45.3 Å². The van der Waals surface area contributed by atoms with Crippen molar-refractivity contribution < 1.29 is 95.9 Å². The summed E-state index contributed by atoms with van der Waals surface area (Å²) in [4.78, 5) is 121. The molecule has 32 heteroatoms. The fraction of sp³-hybridized carbons (Fsp3) is 0.192. The summed E-state index contributed by atoms with van der Waals surface area (Å²) in [6.45, 7) is 10.9. The summed E-state index contributed by atoms with van der Waals surface area (Å²) in [6, 6.07) is 55.0. The molecule has 0 saturated heterocycles. The Hall–Kier alpha value is -15.6. The number of Topliss-reactive ketones (excluding diaryl/α,β-unsaturated/α-hetero) is 4. The molecule has 6 N–H and O–H groups in total. The number of fused-ring (bicyclic) bond motifs is 4. The van der Waals surface area contributed by atoms with Gasteiger partial charge in [-0.3, -0.25) is 38.4 Å². The van der Waals surface area contributed by atoms with E-state index in [1.54, 1.807) is 144 Å². The van der Waals surface area contributed by atoms with Gasteiger partial charge in [0.25, 0.3) is 23.6 Å². The molecule has 28 nitrogen and oxygen atoms in total. The zero-order valence-electron chi connectivity index (χ0n) is 77.0. The summed E-state index contributed by atoms with van der Waals surface area (Å²) >= 11 is 6.51. The van der Waals surface area contributed by atoms with Crippen molar-refractivity contribution in [2.75, 3.05) is 84.2 Å². The molecule has 8 aromatic heterocycles. The molecule has 16 rings (SSSR count). The fourth-order valence-electron chi connectivity index (χ4n) is 14.8. The molecule has 4 amide bonds. The number of thiophene rings is 4. The number of aromatic hydroxyl groups is 2. The summed E-state index contributed by atoms with van der Waals surface area (Å²) < 4.78 is 57.2. The lowest BCUT2D eigenvalue weighted by Gasteiger charge is -2.16. The van der Waals surface area contributed by atoms with Crippen LogP contribution in [0.15, 0.2) is 216 Å². The van der Waals surface area contributed by atoms with Crippen LogP contribution in [0.2, 0.25) is 0 Å². The van der Waals surface area contributed by atoms with E-state index in [0.717, 1.165) is 64.3 Å². The molecule has 2 atom stereocenters. The second kappa shape index (κ2) is 44.3. The number of amides is 4. The number of aryl methyl sites for hydroxylation is 4. The van der Waals surface area contributed by atoms with Crippen molar-refractivity contribution in [1.82, 2.24) is 41.2 Å². The van der Waals surface area contributed by atoms with Crippen molar-refractivity contribution in [3.05, 3.63) is 283 Å². The van der Waals surface area contributed by atoms with E-state index < -0.39 is 47.3 Å². The van der Waals surface area contributed by atoms with Gasteiger partial charge in [-0.05, 0) is 185 Å². The molecule has 0 fully saturated rings. The Bertz CT molecular complexity index is 7250. The highest BCUT2D eigenvalue weighted by Crippen LogP contribution is 2.42. The van der Waals surface area contributed by atoms with Crippen molar-refractivity contribution in [2.45, 2.75) is 53.6 Å². The van der Waals surface area contributed by atoms with E-state index in [9.17, 15) is 48.6 Å². The molecule has 0 aliphatic rings. The van der Waals surface area contributed by atoms with Crippen molar-refractivity contribution in [3.63, 3.8) is 0 Å². The van der Waals surface area contributed by atoms with Crippen LogP contribution in [0.25, 0.3) is 85.4 Å². The molecule has 0 bridgehead atoms.